The Kier molecular flexibility index (Phi) is 1.74. The van der Waals surface area contributed by atoms with Crippen molar-refractivity contribution < 1.29 is 9.90 Å². The highest BCUT2D eigenvalue weighted by molar-refractivity contribution is 5.74. The van der Waals surface area contributed by atoms with Crippen LogP contribution in [0, 0.1) is 17.3 Å². The molecule has 1 heterocycles. The summed E-state index contributed by atoms with van der Waals surface area (Å²) in [5.74, 6) is 0.110. The van der Waals surface area contributed by atoms with E-state index < -0.39 is 12.0 Å². The fourth-order valence-electron chi connectivity index (χ4n) is 3.57. The van der Waals surface area contributed by atoms with Crippen molar-refractivity contribution in [3.8, 4) is 0 Å². The van der Waals surface area contributed by atoms with E-state index in [0.29, 0.717) is 5.41 Å². The highest BCUT2D eigenvalue weighted by atomic mass is 16.4. The zero-order chi connectivity index (χ0) is 10.6. The van der Waals surface area contributed by atoms with E-state index >= 15 is 0 Å². The molecule has 0 aromatic heterocycles. The van der Waals surface area contributed by atoms with Crippen molar-refractivity contribution >= 4 is 5.97 Å². The van der Waals surface area contributed by atoms with E-state index in [-0.39, 0.29) is 12.0 Å². The molecule has 15 heavy (non-hydrogen) atoms. The Hall–Kier alpha value is -0.930. The van der Waals surface area contributed by atoms with Crippen LogP contribution in [0.5, 0.6) is 0 Å². The Morgan fingerprint density at radius 2 is 2.27 bits per heavy atom. The van der Waals surface area contributed by atoms with Gasteiger partial charge >= 0.3 is 5.97 Å². The molecule has 4 heteroatoms. The van der Waals surface area contributed by atoms with Crippen molar-refractivity contribution in [1.29, 1.82) is 0 Å². The number of hydrogen-bond donors (Lipinski definition) is 1. The summed E-state index contributed by atoms with van der Waals surface area (Å²) in [5.41, 5.74) is 0.438. The van der Waals surface area contributed by atoms with Crippen LogP contribution in [0.3, 0.4) is 0 Å². The second kappa shape index (κ2) is 2.80. The van der Waals surface area contributed by atoms with Crippen LogP contribution in [0.15, 0.2) is 10.2 Å². The minimum absolute atomic E-state index is 0.181. The normalized spacial score (nSPS) is 51.8. The van der Waals surface area contributed by atoms with Crippen molar-refractivity contribution in [2.75, 3.05) is 0 Å². The lowest BCUT2D eigenvalue weighted by atomic mass is 9.51. The van der Waals surface area contributed by atoms with E-state index in [4.69, 9.17) is 5.11 Å². The van der Waals surface area contributed by atoms with Crippen LogP contribution in [0.25, 0.3) is 0 Å². The summed E-state index contributed by atoms with van der Waals surface area (Å²) in [4.78, 5) is 11.0. The van der Waals surface area contributed by atoms with Crippen LogP contribution in [0.1, 0.15) is 32.6 Å². The number of azo groups is 1. The highest BCUT2D eigenvalue weighted by Crippen LogP contribution is 2.58. The Morgan fingerprint density at radius 3 is 2.87 bits per heavy atom. The van der Waals surface area contributed by atoms with Crippen LogP contribution < -0.4 is 0 Å². The molecule has 0 amide bonds. The molecule has 0 aromatic rings. The topological polar surface area (TPSA) is 62.0 Å². The zero-order valence-corrected chi connectivity index (χ0v) is 8.89. The zero-order valence-electron chi connectivity index (χ0n) is 8.89. The van der Waals surface area contributed by atoms with Gasteiger partial charge in [-0.25, -0.2) is 4.79 Å². The van der Waals surface area contributed by atoms with Gasteiger partial charge in [-0.15, -0.1) is 0 Å². The molecule has 5 unspecified atom stereocenters. The van der Waals surface area contributed by atoms with Crippen molar-refractivity contribution in [3.63, 3.8) is 0 Å². The molecule has 4 nitrogen and oxygen atoms in total. The summed E-state index contributed by atoms with van der Waals surface area (Å²) in [5, 5.41) is 17.1. The van der Waals surface area contributed by atoms with E-state index in [2.05, 4.69) is 17.2 Å². The van der Waals surface area contributed by atoms with Gasteiger partial charge in [0.25, 0.3) is 0 Å². The minimum Gasteiger partial charge on any atom is -0.480 e. The first-order valence-electron chi connectivity index (χ1n) is 5.73. The summed E-state index contributed by atoms with van der Waals surface area (Å²) in [7, 11) is 0. The molecule has 82 valence electrons. The van der Waals surface area contributed by atoms with Gasteiger partial charge in [-0.2, -0.15) is 10.2 Å². The molecule has 3 aliphatic rings. The number of aliphatic carboxylic acids is 1. The quantitative estimate of drug-likeness (QED) is 0.717. The first-order chi connectivity index (χ1) is 7.10. The molecule has 0 spiro atoms. The van der Waals surface area contributed by atoms with E-state index in [1.54, 1.807) is 0 Å². The van der Waals surface area contributed by atoms with Gasteiger partial charge in [-0.3, -0.25) is 0 Å². The highest BCUT2D eigenvalue weighted by Gasteiger charge is 2.54. The van der Waals surface area contributed by atoms with Gasteiger partial charge in [0.2, 0.25) is 0 Å². The van der Waals surface area contributed by atoms with E-state index in [1.165, 1.54) is 12.8 Å². The van der Waals surface area contributed by atoms with Crippen molar-refractivity contribution in [3.05, 3.63) is 0 Å². The van der Waals surface area contributed by atoms with Crippen LogP contribution in [-0.4, -0.2) is 23.2 Å². The third-order valence-corrected chi connectivity index (χ3v) is 4.77. The Balaban J connectivity index is 1.81. The number of carboxylic acids is 1. The molecule has 1 N–H and O–H groups in total. The van der Waals surface area contributed by atoms with Crippen molar-refractivity contribution in [1.82, 2.24) is 0 Å². The number of carboxylic acid groups (broad SMARTS) is 1. The average molecular weight is 208 g/mol. The van der Waals surface area contributed by atoms with E-state index in [9.17, 15) is 4.79 Å². The number of fused-ring (bicyclic) bond motifs is 2. The van der Waals surface area contributed by atoms with Crippen molar-refractivity contribution in [2.24, 2.45) is 27.5 Å². The Bertz CT molecular complexity index is 341. The molecule has 5 atom stereocenters. The van der Waals surface area contributed by atoms with Crippen LogP contribution in [-0.2, 0) is 4.79 Å². The second-order valence-corrected chi connectivity index (χ2v) is 5.57. The van der Waals surface area contributed by atoms with Gasteiger partial charge in [-0.05, 0) is 37.0 Å². The molecule has 0 bridgehead atoms. The van der Waals surface area contributed by atoms with Crippen LogP contribution >= 0.6 is 0 Å². The first kappa shape index (κ1) is 9.31. The largest absolute Gasteiger partial charge is 0.480 e. The molecule has 1 aliphatic heterocycles. The fourth-order valence-corrected chi connectivity index (χ4v) is 3.57. The number of nitrogens with zero attached hydrogens (tertiary/aromatic N) is 2. The number of carbonyl (C=O) groups is 1. The first-order valence-corrected chi connectivity index (χ1v) is 5.73. The molecular weight excluding hydrogens is 192 g/mol. The average Bonchev–Trinajstić information content (AvgIpc) is 2.55. The summed E-state index contributed by atoms with van der Waals surface area (Å²) in [6, 6.07) is -0.368. The molecule has 2 saturated carbocycles. The SMILES string of the molecule is CC12CCC1CC1C(C2)N=NC1C(=O)O. The van der Waals surface area contributed by atoms with E-state index in [0.717, 1.165) is 18.8 Å². The third-order valence-electron chi connectivity index (χ3n) is 4.77. The summed E-state index contributed by atoms with van der Waals surface area (Å²) in [6.45, 7) is 2.32. The van der Waals surface area contributed by atoms with Gasteiger partial charge < -0.3 is 5.11 Å². The maximum absolute atomic E-state index is 11.0. The lowest BCUT2D eigenvalue weighted by Gasteiger charge is -2.53. The van der Waals surface area contributed by atoms with Gasteiger partial charge in [0.1, 0.15) is 0 Å². The minimum atomic E-state index is -0.797. The lowest BCUT2D eigenvalue weighted by Crippen LogP contribution is -2.49. The van der Waals surface area contributed by atoms with Gasteiger partial charge in [0.15, 0.2) is 6.04 Å². The maximum Gasteiger partial charge on any atom is 0.330 e. The lowest BCUT2D eigenvalue weighted by molar-refractivity contribution is -0.140. The fraction of sp³-hybridized carbons (Fsp3) is 0.909. The Labute approximate surface area is 88.8 Å². The number of rotatable bonds is 1. The summed E-state index contributed by atoms with van der Waals surface area (Å²) < 4.78 is 0. The van der Waals surface area contributed by atoms with Crippen LogP contribution in [0.4, 0.5) is 0 Å². The standard InChI is InChI=1S/C11H16N2O2/c1-11-3-2-6(11)4-7-8(5-11)12-13-9(7)10(14)15/h6-9H,2-5H2,1H3,(H,14,15). The summed E-state index contributed by atoms with van der Waals surface area (Å²) in [6.07, 6.45) is 4.63. The smallest absolute Gasteiger partial charge is 0.330 e. The van der Waals surface area contributed by atoms with Crippen LogP contribution in [0.2, 0.25) is 0 Å². The molecule has 3 rings (SSSR count). The molecule has 0 aromatic carbocycles. The predicted molar refractivity (Wildman–Crippen MR) is 53.6 cm³/mol. The van der Waals surface area contributed by atoms with Gasteiger partial charge in [-0.1, -0.05) is 6.92 Å². The molecule has 2 fully saturated rings. The molecule has 2 aliphatic carbocycles. The third kappa shape index (κ3) is 1.17. The molecule has 0 radical (unpaired) electrons. The summed E-state index contributed by atoms with van der Waals surface area (Å²) >= 11 is 0. The predicted octanol–water partition coefficient (Wildman–Crippen LogP) is 2.10. The van der Waals surface area contributed by atoms with Gasteiger partial charge in [0.05, 0.1) is 6.04 Å². The maximum atomic E-state index is 11.0. The van der Waals surface area contributed by atoms with E-state index in [1.807, 2.05) is 0 Å². The van der Waals surface area contributed by atoms with Gasteiger partial charge in [0, 0.05) is 5.92 Å². The molecule has 0 saturated heterocycles. The Morgan fingerprint density at radius 1 is 1.47 bits per heavy atom. The monoisotopic (exact) mass is 208 g/mol. The second-order valence-electron chi connectivity index (χ2n) is 5.57. The molecular formula is C11H16N2O2. The van der Waals surface area contributed by atoms with Crippen molar-refractivity contribution in [2.45, 2.75) is 44.7 Å². The number of hydrogen-bond acceptors (Lipinski definition) is 3.